The zero-order valence-electron chi connectivity index (χ0n) is 14.6. The van der Waals surface area contributed by atoms with Gasteiger partial charge in [0.25, 0.3) is 0 Å². The van der Waals surface area contributed by atoms with Crippen molar-refractivity contribution in [2.24, 2.45) is 5.92 Å². The number of carbonyl (C=O) groups excluding carboxylic acids is 1. The molecule has 1 aliphatic heterocycles. The number of nitrogens with zero attached hydrogens (tertiary/aromatic N) is 3. The average molecular weight is 306 g/mol. The largest absolute Gasteiger partial charge is 0.342 e. The predicted octanol–water partition coefficient (Wildman–Crippen LogP) is 1.91. The van der Waals surface area contributed by atoms with E-state index in [2.05, 4.69) is 31.2 Å². The van der Waals surface area contributed by atoms with Gasteiger partial charge in [0.1, 0.15) is 0 Å². The van der Waals surface area contributed by atoms with Gasteiger partial charge in [-0.1, -0.05) is 13.8 Å². The first-order valence-electron chi connectivity index (χ1n) is 8.39. The summed E-state index contributed by atoms with van der Waals surface area (Å²) < 4.78 is 2.05. The van der Waals surface area contributed by atoms with Gasteiger partial charge in [-0.05, 0) is 45.7 Å². The Kier molecular flexibility index (Phi) is 5.62. The smallest absolute Gasteiger partial charge is 0.227 e. The number of aryl methyl sites for hydroxylation is 1. The molecule has 1 amide bonds. The van der Waals surface area contributed by atoms with Gasteiger partial charge in [-0.15, -0.1) is 0 Å². The summed E-state index contributed by atoms with van der Waals surface area (Å²) >= 11 is 0. The zero-order valence-corrected chi connectivity index (χ0v) is 14.6. The number of hydrogen-bond acceptors (Lipinski definition) is 3. The number of nitrogens with one attached hydrogen (secondary N) is 1. The van der Waals surface area contributed by atoms with Crippen molar-refractivity contribution in [3.63, 3.8) is 0 Å². The van der Waals surface area contributed by atoms with E-state index in [0.717, 1.165) is 49.4 Å². The van der Waals surface area contributed by atoms with E-state index in [-0.39, 0.29) is 5.91 Å². The monoisotopic (exact) mass is 306 g/mol. The van der Waals surface area contributed by atoms with Crippen LogP contribution in [0.1, 0.15) is 43.6 Å². The minimum absolute atomic E-state index is 0.210. The Morgan fingerprint density at radius 3 is 2.59 bits per heavy atom. The van der Waals surface area contributed by atoms with Crippen LogP contribution >= 0.6 is 0 Å². The third kappa shape index (κ3) is 3.88. The van der Waals surface area contributed by atoms with E-state index in [1.54, 1.807) is 0 Å². The lowest BCUT2D eigenvalue weighted by atomic mass is 10.0. The summed E-state index contributed by atoms with van der Waals surface area (Å²) in [5, 5.41) is 7.96. The zero-order chi connectivity index (χ0) is 16.3. The standard InChI is InChI=1S/C17H30N4O/c1-12(2)11-21-14(4)16(13(3)19-21)10-17(22)20(5)15-6-8-18-9-7-15/h12,15,18H,6-11H2,1-5H3. The highest BCUT2D eigenvalue weighted by Gasteiger charge is 2.24. The second kappa shape index (κ2) is 7.27. The maximum Gasteiger partial charge on any atom is 0.227 e. The molecule has 5 heteroatoms. The molecule has 1 aliphatic rings. The van der Waals surface area contributed by atoms with Crippen LogP contribution in [-0.4, -0.2) is 46.8 Å². The molecule has 0 atom stereocenters. The van der Waals surface area contributed by atoms with Crippen molar-refractivity contribution < 1.29 is 4.79 Å². The quantitative estimate of drug-likeness (QED) is 0.904. The number of amides is 1. The summed E-state index contributed by atoms with van der Waals surface area (Å²) in [7, 11) is 1.95. The number of rotatable bonds is 5. The summed E-state index contributed by atoms with van der Waals surface area (Å²) in [5.74, 6) is 0.765. The molecule has 0 radical (unpaired) electrons. The van der Waals surface area contributed by atoms with Gasteiger partial charge in [-0.3, -0.25) is 9.48 Å². The highest BCUT2D eigenvalue weighted by Crippen LogP contribution is 2.18. The fourth-order valence-corrected chi connectivity index (χ4v) is 3.19. The molecule has 0 saturated carbocycles. The number of likely N-dealkylation sites (N-methyl/N-ethyl adjacent to an activating group) is 1. The van der Waals surface area contributed by atoms with Crippen LogP contribution in [0.3, 0.4) is 0 Å². The fraction of sp³-hybridized carbons (Fsp3) is 0.765. The lowest BCUT2D eigenvalue weighted by Crippen LogP contribution is -2.44. The van der Waals surface area contributed by atoms with Crippen molar-refractivity contribution >= 4 is 5.91 Å². The Morgan fingerprint density at radius 2 is 2.00 bits per heavy atom. The number of piperidine rings is 1. The van der Waals surface area contributed by atoms with Crippen LogP contribution in [0.2, 0.25) is 0 Å². The van der Waals surface area contributed by atoms with Gasteiger partial charge in [0.2, 0.25) is 5.91 Å². The van der Waals surface area contributed by atoms with E-state index in [9.17, 15) is 4.79 Å². The van der Waals surface area contributed by atoms with Crippen molar-refractivity contribution in [1.29, 1.82) is 0 Å². The Hall–Kier alpha value is -1.36. The average Bonchev–Trinajstić information content (AvgIpc) is 2.74. The van der Waals surface area contributed by atoms with Crippen LogP contribution in [-0.2, 0) is 17.8 Å². The van der Waals surface area contributed by atoms with Crippen LogP contribution in [0.4, 0.5) is 0 Å². The summed E-state index contributed by atoms with van der Waals surface area (Å²) in [5.41, 5.74) is 3.23. The second-order valence-corrected chi connectivity index (χ2v) is 6.89. The van der Waals surface area contributed by atoms with Crippen molar-refractivity contribution in [3.05, 3.63) is 17.0 Å². The van der Waals surface area contributed by atoms with Crippen molar-refractivity contribution in [2.45, 2.75) is 59.5 Å². The molecule has 1 N–H and O–H groups in total. The number of hydrogen-bond donors (Lipinski definition) is 1. The molecular weight excluding hydrogens is 276 g/mol. The molecule has 0 aliphatic carbocycles. The maximum atomic E-state index is 12.6. The maximum absolute atomic E-state index is 12.6. The van der Waals surface area contributed by atoms with E-state index in [0.29, 0.717) is 18.4 Å². The molecule has 1 fully saturated rings. The minimum atomic E-state index is 0.210. The van der Waals surface area contributed by atoms with Gasteiger partial charge in [0.05, 0.1) is 12.1 Å². The Bertz CT molecular complexity index is 515. The van der Waals surface area contributed by atoms with Crippen molar-refractivity contribution in [1.82, 2.24) is 20.0 Å². The second-order valence-electron chi connectivity index (χ2n) is 6.89. The van der Waals surface area contributed by atoms with Gasteiger partial charge < -0.3 is 10.2 Å². The summed E-state index contributed by atoms with van der Waals surface area (Å²) in [6.07, 6.45) is 2.57. The third-order valence-electron chi connectivity index (χ3n) is 4.65. The van der Waals surface area contributed by atoms with Crippen molar-refractivity contribution in [2.75, 3.05) is 20.1 Å². The SMILES string of the molecule is Cc1nn(CC(C)C)c(C)c1CC(=O)N(C)C1CCNCC1. The minimum Gasteiger partial charge on any atom is -0.342 e. The van der Waals surface area contributed by atoms with Gasteiger partial charge >= 0.3 is 0 Å². The molecule has 1 aromatic rings. The number of carbonyl (C=O) groups is 1. The van der Waals surface area contributed by atoms with Gasteiger partial charge in [-0.2, -0.15) is 5.10 Å². The molecule has 0 bridgehead atoms. The van der Waals surface area contributed by atoms with Gasteiger partial charge in [0, 0.05) is 30.9 Å². The summed E-state index contributed by atoms with van der Waals surface area (Å²) in [4.78, 5) is 14.6. The van der Waals surface area contributed by atoms with E-state index in [1.807, 2.05) is 23.6 Å². The van der Waals surface area contributed by atoms with Crippen molar-refractivity contribution in [3.8, 4) is 0 Å². The van der Waals surface area contributed by atoms with E-state index >= 15 is 0 Å². The third-order valence-corrected chi connectivity index (χ3v) is 4.65. The first kappa shape index (κ1) is 17.0. The first-order chi connectivity index (χ1) is 10.4. The highest BCUT2D eigenvalue weighted by atomic mass is 16.2. The Morgan fingerprint density at radius 1 is 1.36 bits per heavy atom. The van der Waals surface area contributed by atoms with Gasteiger partial charge in [-0.25, -0.2) is 0 Å². The van der Waals surface area contributed by atoms with Gasteiger partial charge in [0.15, 0.2) is 0 Å². The topological polar surface area (TPSA) is 50.2 Å². The molecule has 0 aromatic carbocycles. The Balaban J connectivity index is 2.06. The molecule has 124 valence electrons. The van der Waals surface area contributed by atoms with E-state index in [1.165, 1.54) is 0 Å². The molecule has 1 saturated heterocycles. The van der Waals surface area contributed by atoms with Crippen LogP contribution in [0, 0.1) is 19.8 Å². The normalized spacial score (nSPS) is 16.3. The molecule has 22 heavy (non-hydrogen) atoms. The molecule has 5 nitrogen and oxygen atoms in total. The van der Waals surface area contributed by atoms with Crippen LogP contribution in [0.5, 0.6) is 0 Å². The molecule has 0 spiro atoms. The Labute approximate surface area is 134 Å². The highest BCUT2D eigenvalue weighted by molar-refractivity contribution is 5.79. The number of aromatic nitrogens is 2. The first-order valence-corrected chi connectivity index (χ1v) is 8.39. The van der Waals surface area contributed by atoms with Crippen LogP contribution in [0.25, 0.3) is 0 Å². The lowest BCUT2D eigenvalue weighted by Gasteiger charge is -2.31. The van der Waals surface area contributed by atoms with Crippen LogP contribution in [0.15, 0.2) is 0 Å². The summed E-state index contributed by atoms with van der Waals surface area (Å²) in [6.45, 7) is 11.4. The molecule has 2 rings (SSSR count). The predicted molar refractivity (Wildman–Crippen MR) is 88.9 cm³/mol. The summed E-state index contributed by atoms with van der Waals surface area (Å²) in [6, 6.07) is 0.375. The molecule has 1 aromatic heterocycles. The van der Waals surface area contributed by atoms with Crippen LogP contribution < -0.4 is 5.32 Å². The molecule has 2 heterocycles. The molecular formula is C17H30N4O. The lowest BCUT2D eigenvalue weighted by molar-refractivity contribution is -0.131. The molecule has 0 unspecified atom stereocenters. The fourth-order valence-electron chi connectivity index (χ4n) is 3.19. The van der Waals surface area contributed by atoms with E-state index < -0.39 is 0 Å². The van der Waals surface area contributed by atoms with E-state index in [4.69, 9.17) is 0 Å².